The van der Waals surface area contributed by atoms with Gasteiger partial charge in [0.25, 0.3) is 0 Å². The minimum Gasteiger partial charge on any atom is -0.494 e. The van der Waals surface area contributed by atoms with Crippen molar-refractivity contribution < 1.29 is 14.3 Å². The van der Waals surface area contributed by atoms with Crippen molar-refractivity contribution in [3.05, 3.63) is 53.6 Å². The largest absolute Gasteiger partial charge is 0.494 e. The Balaban J connectivity index is 1.58. The molecular weight excluding hydrogens is 364 g/mol. The van der Waals surface area contributed by atoms with Crippen LogP contribution in [0.2, 0.25) is 5.02 Å². The van der Waals surface area contributed by atoms with Gasteiger partial charge in [0.1, 0.15) is 5.75 Å². The summed E-state index contributed by atoms with van der Waals surface area (Å²) >= 11 is 6.00. The molecule has 1 fully saturated rings. The Kier molecular flexibility index (Phi) is 6.35. The highest BCUT2D eigenvalue weighted by atomic mass is 35.5. The Hall–Kier alpha value is -2.53. The maximum atomic E-state index is 12.6. The standard InChI is InChI=1S/C21H23ClN2O3/c1-2-3-11-27-19-9-7-17(8-10-19)23-21(26)15-12-20(25)24(14-15)18-6-4-5-16(22)13-18/h4-10,13,15H,2-3,11-12,14H2,1H3,(H,23,26)/t15-/m1/s1. The number of ether oxygens (including phenoxy) is 1. The van der Waals surface area contributed by atoms with E-state index >= 15 is 0 Å². The molecule has 0 aliphatic carbocycles. The normalized spacial score (nSPS) is 16.4. The molecule has 5 nitrogen and oxygen atoms in total. The molecule has 6 heteroatoms. The summed E-state index contributed by atoms with van der Waals surface area (Å²) in [6.45, 7) is 3.15. The van der Waals surface area contributed by atoms with E-state index in [1.807, 2.05) is 30.3 Å². The number of amides is 2. The summed E-state index contributed by atoms with van der Waals surface area (Å²) < 4.78 is 5.62. The number of hydrogen-bond acceptors (Lipinski definition) is 3. The minimum absolute atomic E-state index is 0.0721. The second-order valence-electron chi connectivity index (χ2n) is 6.60. The van der Waals surface area contributed by atoms with Gasteiger partial charge in [0.2, 0.25) is 11.8 Å². The molecule has 1 aliphatic heterocycles. The molecule has 2 aromatic rings. The molecule has 0 radical (unpaired) electrons. The van der Waals surface area contributed by atoms with Crippen molar-refractivity contribution in [2.75, 3.05) is 23.4 Å². The van der Waals surface area contributed by atoms with Gasteiger partial charge in [-0.15, -0.1) is 0 Å². The third-order valence-corrected chi connectivity index (χ3v) is 4.74. The van der Waals surface area contributed by atoms with E-state index in [1.54, 1.807) is 23.1 Å². The van der Waals surface area contributed by atoms with Crippen LogP contribution >= 0.6 is 11.6 Å². The van der Waals surface area contributed by atoms with Crippen molar-refractivity contribution in [1.82, 2.24) is 0 Å². The van der Waals surface area contributed by atoms with Gasteiger partial charge in [-0.2, -0.15) is 0 Å². The van der Waals surface area contributed by atoms with E-state index in [0.29, 0.717) is 23.9 Å². The van der Waals surface area contributed by atoms with Gasteiger partial charge < -0.3 is 15.0 Å². The second kappa shape index (κ2) is 8.91. The summed E-state index contributed by atoms with van der Waals surface area (Å²) in [6.07, 6.45) is 2.29. The van der Waals surface area contributed by atoms with E-state index in [-0.39, 0.29) is 18.2 Å². The van der Waals surface area contributed by atoms with Gasteiger partial charge in [-0.1, -0.05) is 31.0 Å². The Labute approximate surface area is 164 Å². The number of hydrogen-bond donors (Lipinski definition) is 1. The smallest absolute Gasteiger partial charge is 0.229 e. The maximum absolute atomic E-state index is 12.6. The molecule has 0 saturated carbocycles. The number of unbranched alkanes of at least 4 members (excludes halogenated alkanes) is 1. The summed E-state index contributed by atoms with van der Waals surface area (Å²) in [4.78, 5) is 26.5. The summed E-state index contributed by atoms with van der Waals surface area (Å²) in [5.41, 5.74) is 1.41. The summed E-state index contributed by atoms with van der Waals surface area (Å²) in [6, 6.07) is 14.4. The molecule has 1 aliphatic rings. The molecule has 27 heavy (non-hydrogen) atoms. The van der Waals surface area contributed by atoms with Crippen LogP contribution in [0.25, 0.3) is 0 Å². The molecule has 2 aromatic carbocycles. The first kappa shape index (κ1) is 19.2. The first-order valence-corrected chi connectivity index (χ1v) is 9.54. The number of rotatable bonds is 7. The average molecular weight is 387 g/mol. The van der Waals surface area contributed by atoms with Gasteiger partial charge in [-0.25, -0.2) is 0 Å². The van der Waals surface area contributed by atoms with Crippen molar-refractivity contribution >= 4 is 34.8 Å². The number of nitrogens with one attached hydrogen (secondary N) is 1. The molecule has 0 spiro atoms. The Bertz CT molecular complexity index is 807. The Morgan fingerprint density at radius 2 is 2.04 bits per heavy atom. The fourth-order valence-electron chi connectivity index (χ4n) is 2.99. The van der Waals surface area contributed by atoms with E-state index in [1.165, 1.54) is 0 Å². The Morgan fingerprint density at radius 1 is 1.26 bits per heavy atom. The van der Waals surface area contributed by atoms with Crippen LogP contribution in [0.1, 0.15) is 26.2 Å². The molecule has 1 saturated heterocycles. The van der Waals surface area contributed by atoms with Crippen molar-refractivity contribution in [2.45, 2.75) is 26.2 Å². The lowest BCUT2D eigenvalue weighted by Crippen LogP contribution is -2.28. The van der Waals surface area contributed by atoms with Crippen molar-refractivity contribution in [3.8, 4) is 5.75 Å². The van der Waals surface area contributed by atoms with Crippen LogP contribution in [0.5, 0.6) is 5.75 Å². The van der Waals surface area contributed by atoms with Crippen molar-refractivity contribution in [1.29, 1.82) is 0 Å². The fourth-order valence-corrected chi connectivity index (χ4v) is 3.17. The molecule has 0 unspecified atom stereocenters. The quantitative estimate of drug-likeness (QED) is 0.712. The number of carbonyl (C=O) groups excluding carboxylic acids is 2. The highest BCUT2D eigenvalue weighted by Crippen LogP contribution is 2.28. The highest BCUT2D eigenvalue weighted by molar-refractivity contribution is 6.31. The van der Waals surface area contributed by atoms with Crippen LogP contribution in [0, 0.1) is 5.92 Å². The van der Waals surface area contributed by atoms with Crippen LogP contribution in [0.15, 0.2) is 48.5 Å². The predicted molar refractivity (Wildman–Crippen MR) is 107 cm³/mol. The minimum atomic E-state index is -0.392. The molecular formula is C21H23ClN2O3. The summed E-state index contributed by atoms with van der Waals surface area (Å²) in [5.74, 6) is 0.159. The summed E-state index contributed by atoms with van der Waals surface area (Å²) in [7, 11) is 0. The molecule has 1 N–H and O–H groups in total. The third kappa shape index (κ3) is 5.01. The van der Waals surface area contributed by atoms with Crippen LogP contribution in [0.4, 0.5) is 11.4 Å². The van der Waals surface area contributed by atoms with Gasteiger partial charge in [0, 0.05) is 29.4 Å². The molecule has 1 heterocycles. The van der Waals surface area contributed by atoms with Gasteiger partial charge in [0.15, 0.2) is 0 Å². The van der Waals surface area contributed by atoms with Crippen LogP contribution in [-0.2, 0) is 9.59 Å². The van der Waals surface area contributed by atoms with Crippen molar-refractivity contribution in [3.63, 3.8) is 0 Å². The molecule has 142 valence electrons. The number of nitrogens with zero attached hydrogens (tertiary/aromatic N) is 1. The van der Waals surface area contributed by atoms with E-state index in [9.17, 15) is 9.59 Å². The van der Waals surface area contributed by atoms with Crippen LogP contribution in [-0.4, -0.2) is 25.0 Å². The molecule has 3 rings (SSSR count). The maximum Gasteiger partial charge on any atom is 0.229 e. The Morgan fingerprint density at radius 3 is 2.74 bits per heavy atom. The zero-order valence-corrected chi connectivity index (χ0v) is 16.0. The van der Waals surface area contributed by atoms with E-state index in [0.717, 1.165) is 24.3 Å². The van der Waals surface area contributed by atoms with Gasteiger partial charge in [-0.3, -0.25) is 9.59 Å². The molecule has 0 aromatic heterocycles. The highest BCUT2D eigenvalue weighted by Gasteiger charge is 2.35. The lowest BCUT2D eigenvalue weighted by molar-refractivity contribution is -0.122. The van der Waals surface area contributed by atoms with Gasteiger partial charge in [0.05, 0.1) is 12.5 Å². The molecule has 1 atom stereocenters. The SMILES string of the molecule is CCCCOc1ccc(NC(=O)[C@@H]2CC(=O)N(c3cccc(Cl)c3)C2)cc1. The monoisotopic (exact) mass is 386 g/mol. The predicted octanol–water partition coefficient (Wildman–Crippen LogP) is 4.51. The van der Waals surface area contributed by atoms with Crippen LogP contribution < -0.4 is 15.0 Å². The van der Waals surface area contributed by atoms with Gasteiger partial charge >= 0.3 is 0 Å². The molecule has 2 amide bonds. The number of carbonyl (C=O) groups is 2. The lowest BCUT2D eigenvalue weighted by atomic mass is 10.1. The lowest BCUT2D eigenvalue weighted by Gasteiger charge is -2.17. The van der Waals surface area contributed by atoms with Crippen molar-refractivity contribution in [2.24, 2.45) is 5.92 Å². The first-order chi connectivity index (χ1) is 13.1. The number of anilines is 2. The number of halogens is 1. The zero-order valence-electron chi connectivity index (χ0n) is 15.3. The second-order valence-corrected chi connectivity index (χ2v) is 7.04. The van der Waals surface area contributed by atoms with E-state index < -0.39 is 5.92 Å². The molecule has 0 bridgehead atoms. The zero-order chi connectivity index (χ0) is 19.2. The van der Waals surface area contributed by atoms with E-state index in [4.69, 9.17) is 16.3 Å². The topological polar surface area (TPSA) is 58.6 Å². The third-order valence-electron chi connectivity index (χ3n) is 4.50. The van der Waals surface area contributed by atoms with Crippen LogP contribution in [0.3, 0.4) is 0 Å². The fraction of sp³-hybridized carbons (Fsp3) is 0.333. The van der Waals surface area contributed by atoms with Gasteiger partial charge in [-0.05, 0) is 48.9 Å². The number of benzene rings is 2. The average Bonchev–Trinajstić information content (AvgIpc) is 3.05. The van der Waals surface area contributed by atoms with E-state index in [2.05, 4.69) is 12.2 Å². The summed E-state index contributed by atoms with van der Waals surface area (Å²) in [5, 5.41) is 3.45. The first-order valence-electron chi connectivity index (χ1n) is 9.16.